The van der Waals surface area contributed by atoms with Gasteiger partial charge in [0.15, 0.2) is 0 Å². The highest BCUT2D eigenvalue weighted by Gasteiger charge is 2.19. The lowest BCUT2D eigenvalue weighted by Crippen LogP contribution is -2.42. The quantitative estimate of drug-likeness (QED) is 0.826. The van der Waals surface area contributed by atoms with Crippen LogP contribution >= 0.6 is 15.9 Å². The summed E-state index contributed by atoms with van der Waals surface area (Å²) in [6, 6.07) is 2.10. The van der Waals surface area contributed by atoms with Crippen LogP contribution < -0.4 is 4.90 Å². The van der Waals surface area contributed by atoms with Crippen molar-refractivity contribution in [1.29, 1.82) is 0 Å². The second-order valence-corrected chi connectivity index (χ2v) is 4.62. The van der Waals surface area contributed by atoms with E-state index in [1.54, 1.807) is 6.20 Å². The molecule has 1 unspecified atom stereocenters. The molecule has 1 saturated heterocycles. The van der Waals surface area contributed by atoms with E-state index in [0.717, 1.165) is 30.6 Å². The van der Waals surface area contributed by atoms with Gasteiger partial charge in [-0.05, 0) is 28.4 Å². The van der Waals surface area contributed by atoms with Crippen molar-refractivity contribution in [3.8, 4) is 0 Å². The van der Waals surface area contributed by atoms with Gasteiger partial charge in [0, 0.05) is 23.8 Å². The lowest BCUT2D eigenvalue weighted by Gasteiger charge is -2.33. The number of halogens is 1. The van der Waals surface area contributed by atoms with Gasteiger partial charge in [-0.3, -0.25) is 4.98 Å². The van der Waals surface area contributed by atoms with E-state index in [4.69, 9.17) is 4.74 Å². The third-order valence-corrected chi connectivity index (χ3v) is 3.08. The molecule has 1 aliphatic rings. The van der Waals surface area contributed by atoms with Crippen molar-refractivity contribution in [2.45, 2.75) is 19.4 Å². The Morgan fingerprint density at radius 3 is 3.20 bits per heavy atom. The monoisotopic (exact) mass is 270 g/mol. The molecule has 1 fully saturated rings. The van der Waals surface area contributed by atoms with Crippen LogP contribution in [0.3, 0.4) is 0 Å². The van der Waals surface area contributed by atoms with Crippen molar-refractivity contribution >= 4 is 21.6 Å². The Balaban J connectivity index is 2.09. The molecule has 0 aromatic carbocycles. The molecule has 1 aromatic rings. The summed E-state index contributed by atoms with van der Waals surface area (Å²) in [5, 5.41) is 0. The lowest BCUT2D eigenvalue weighted by molar-refractivity contribution is 0.0384. The topological polar surface area (TPSA) is 25.4 Å². The molecule has 4 heteroatoms. The van der Waals surface area contributed by atoms with Gasteiger partial charge in [0.05, 0.1) is 24.6 Å². The predicted molar refractivity (Wildman–Crippen MR) is 64.2 cm³/mol. The van der Waals surface area contributed by atoms with Crippen LogP contribution in [0.2, 0.25) is 0 Å². The lowest BCUT2D eigenvalue weighted by atomic mass is 10.2. The fraction of sp³-hybridized carbons (Fsp3) is 0.545. The molecule has 1 aromatic heterocycles. The summed E-state index contributed by atoms with van der Waals surface area (Å²) < 4.78 is 6.66. The Morgan fingerprint density at radius 2 is 2.47 bits per heavy atom. The first-order chi connectivity index (χ1) is 7.29. The van der Waals surface area contributed by atoms with E-state index in [-0.39, 0.29) is 0 Å². The average Bonchev–Trinajstić information content (AvgIpc) is 2.29. The fourth-order valence-electron chi connectivity index (χ4n) is 1.77. The Morgan fingerprint density at radius 1 is 1.60 bits per heavy atom. The van der Waals surface area contributed by atoms with Crippen LogP contribution in [0.5, 0.6) is 0 Å². The van der Waals surface area contributed by atoms with Crippen LogP contribution in [-0.4, -0.2) is 30.8 Å². The minimum Gasteiger partial charge on any atom is -0.375 e. The van der Waals surface area contributed by atoms with E-state index >= 15 is 0 Å². The summed E-state index contributed by atoms with van der Waals surface area (Å²) >= 11 is 3.44. The van der Waals surface area contributed by atoms with Crippen molar-refractivity contribution in [2.24, 2.45) is 0 Å². The summed E-state index contributed by atoms with van der Waals surface area (Å²) in [6.07, 6.45) is 5.14. The second kappa shape index (κ2) is 4.94. The van der Waals surface area contributed by atoms with Gasteiger partial charge >= 0.3 is 0 Å². The SMILES string of the molecule is CCC1CN(c2cncc(Br)c2)CCO1. The molecule has 0 aliphatic carbocycles. The average molecular weight is 271 g/mol. The summed E-state index contributed by atoms with van der Waals surface area (Å²) in [5.74, 6) is 0. The van der Waals surface area contributed by atoms with Crippen LogP contribution in [0, 0.1) is 0 Å². The smallest absolute Gasteiger partial charge is 0.0748 e. The molecule has 0 bridgehead atoms. The highest BCUT2D eigenvalue weighted by Crippen LogP contribution is 2.21. The van der Waals surface area contributed by atoms with Gasteiger partial charge in [0.2, 0.25) is 0 Å². The van der Waals surface area contributed by atoms with E-state index in [0.29, 0.717) is 6.10 Å². The zero-order chi connectivity index (χ0) is 10.7. The van der Waals surface area contributed by atoms with E-state index in [2.05, 4.69) is 38.8 Å². The van der Waals surface area contributed by atoms with Crippen molar-refractivity contribution in [2.75, 3.05) is 24.6 Å². The number of morpholine rings is 1. The Hall–Kier alpha value is -0.610. The highest BCUT2D eigenvalue weighted by atomic mass is 79.9. The Bertz CT molecular complexity index is 332. The highest BCUT2D eigenvalue weighted by molar-refractivity contribution is 9.10. The molecule has 15 heavy (non-hydrogen) atoms. The van der Waals surface area contributed by atoms with Gasteiger partial charge in [-0.2, -0.15) is 0 Å². The van der Waals surface area contributed by atoms with Crippen LogP contribution in [0.4, 0.5) is 5.69 Å². The zero-order valence-electron chi connectivity index (χ0n) is 8.82. The van der Waals surface area contributed by atoms with Crippen molar-refractivity contribution in [3.63, 3.8) is 0 Å². The molecule has 0 radical (unpaired) electrons. The standard InChI is InChI=1S/C11H15BrN2O/c1-2-11-8-14(3-4-15-11)10-5-9(12)6-13-7-10/h5-7,11H,2-4,8H2,1H3. The molecular weight excluding hydrogens is 256 g/mol. The summed E-state index contributed by atoms with van der Waals surface area (Å²) in [5.41, 5.74) is 1.17. The Labute approximate surface area is 98.6 Å². The molecule has 2 heterocycles. The van der Waals surface area contributed by atoms with Gasteiger partial charge in [-0.25, -0.2) is 0 Å². The van der Waals surface area contributed by atoms with Gasteiger partial charge < -0.3 is 9.64 Å². The Kier molecular flexibility index (Phi) is 3.59. The second-order valence-electron chi connectivity index (χ2n) is 3.71. The molecule has 1 aliphatic heterocycles. The third kappa shape index (κ3) is 2.69. The van der Waals surface area contributed by atoms with E-state index < -0.39 is 0 Å². The molecule has 2 rings (SSSR count). The number of anilines is 1. The first-order valence-corrected chi connectivity index (χ1v) is 6.06. The van der Waals surface area contributed by atoms with Crippen molar-refractivity contribution in [3.05, 3.63) is 22.9 Å². The summed E-state index contributed by atoms with van der Waals surface area (Å²) in [7, 11) is 0. The van der Waals surface area contributed by atoms with E-state index in [1.807, 2.05) is 6.20 Å². The zero-order valence-corrected chi connectivity index (χ0v) is 10.4. The first-order valence-electron chi connectivity index (χ1n) is 5.26. The first kappa shape index (κ1) is 10.9. The summed E-state index contributed by atoms with van der Waals surface area (Å²) in [6.45, 7) is 4.89. The molecule has 3 nitrogen and oxygen atoms in total. The number of pyridine rings is 1. The maximum atomic E-state index is 5.64. The van der Waals surface area contributed by atoms with Crippen LogP contribution in [-0.2, 0) is 4.74 Å². The molecular formula is C11H15BrN2O. The van der Waals surface area contributed by atoms with Crippen molar-refractivity contribution < 1.29 is 4.74 Å². The normalized spacial score (nSPS) is 21.7. The number of aromatic nitrogens is 1. The third-order valence-electron chi connectivity index (χ3n) is 2.65. The fourth-order valence-corrected chi connectivity index (χ4v) is 2.13. The minimum absolute atomic E-state index is 0.359. The maximum absolute atomic E-state index is 5.64. The molecule has 0 amide bonds. The predicted octanol–water partition coefficient (Wildman–Crippen LogP) is 2.46. The number of hydrogen-bond donors (Lipinski definition) is 0. The molecule has 1 atom stereocenters. The van der Waals surface area contributed by atoms with E-state index in [9.17, 15) is 0 Å². The van der Waals surface area contributed by atoms with Crippen LogP contribution in [0.1, 0.15) is 13.3 Å². The largest absolute Gasteiger partial charge is 0.375 e. The van der Waals surface area contributed by atoms with E-state index in [1.165, 1.54) is 5.69 Å². The molecule has 0 saturated carbocycles. The number of ether oxygens (including phenoxy) is 1. The van der Waals surface area contributed by atoms with Crippen LogP contribution in [0.15, 0.2) is 22.9 Å². The van der Waals surface area contributed by atoms with Gasteiger partial charge in [0.25, 0.3) is 0 Å². The maximum Gasteiger partial charge on any atom is 0.0748 e. The van der Waals surface area contributed by atoms with Gasteiger partial charge in [0.1, 0.15) is 0 Å². The molecule has 82 valence electrons. The number of hydrogen-bond acceptors (Lipinski definition) is 3. The molecule has 0 N–H and O–H groups in total. The van der Waals surface area contributed by atoms with Crippen LogP contribution in [0.25, 0.3) is 0 Å². The minimum atomic E-state index is 0.359. The summed E-state index contributed by atoms with van der Waals surface area (Å²) in [4.78, 5) is 6.51. The number of nitrogens with zero attached hydrogens (tertiary/aromatic N) is 2. The van der Waals surface area contributed by atoms with Gasteiger partial charge in [-0.1, -0.05) is 6.92 Å². The van der Waals surface area contributed by atoms with Gasteiger partial charge in [-0.15, -0.1) is 0 Å². The molecule has 0 spiro atoms. The van der Waals surface area contributed by atoms with Crippen molar-refractivity contribution in [1.82, 2.24) is 4.98 Å². The number of rotatable bonds is 2.